The second-order valence-electron chi connectivity index (χ2n) is 33.3. The number of nitrogens with zero attached hydrogens (tertiary/aromatic N) is 5. The van der Waals surface area contributed by atoms with Crippen molar-refractivity contribution < 1.29 is 101 Å². The van der Waals surface area contributed by atoms with Crippen LogP contribution in [-0.4, -0.2) is 272 Å². The number of hydrogen-bond donors (Lipinski definition) is 14. The molecular formula is C93H116F2N16O19S. The average Bonchev–Trinajstić information content (AvgIpc) is 1.80. The first-order valence-corrected chi connectivity index (χ1v) is 44.0. The third-order valence-electron chi connectivity index (χ3n) is 22.2. The summed E-state index contributed by atoms with van der Waals surface area (Å²) >= 11 is 0.724. The number of aromatic hydroxyl groups is 2. The molecule has 11 atom stereocenters. The second-order valence-corrected chi connectivity index (χ2v) is 34.4. The van der Waals surface area contributed by atoms with Gasteiger partial charge in [0.2, 0.25) is 88.6 Å². The number of benzene rings is 6. The number of H-pyrrole nitrogens is 1. The number of amides is 15. The maximum Gasteiger partial charge on any atom is 0.305 e. The van der Waals surface area contributed by atoms with E-state index < -0.39 is 228 Å². The monoisotopic (exact) mass is 1830 g/mol. The summed E-state index contributed by atoms with van der Waals surface area (Å²) in [5, 5.41) is 55.1. The summed E-state index contributed by atoms with van der Waals surface area (Å²) in [7, 11) is 6.26. The highest BCUT2D eigenvalue weighted by atomic mass is 32.2. The van der Waals surface area contributed by atoms with Gasteiger partial charge in [-0.3, -0.25) is 76.7 Å². The van der Waals surface area contributed by atoms with E-state index in [-0.39, 0.29) is 62.0 Å². The smallest absolute Gasteiger partial charge is 0.305 e. The molecule has 38 heteroatoms. The lowest BCUT2D eigenvalue weighted by molar-refractivity contribution is -0.151. The van der Waals surface area contributed by atoms with Gasteiger partial charge < -0.3 is 98.4 Å². The number of hydrogen-bond acceptors (Lipinski definition) is 19. The van der Waals surface area contributed by atoms with Gasteiger partial charge in [0.05, 0.1) is 31.8 Å². The maximum atomic E-state index is 15.5. The van der Waals surface area contributed by atoms with E-state index in [0.717, 1.165) is 54.5 Å². The number of unbranched alkanes of at least 4 members (excludes halogenated alkanes) is 1. The number of primary amides is 1. The highest BCUT2D eigenvalue weighted by molar-refractivity contribution is 8.00. The largest absolute Gasteiger partial charge is 0.508 e. The number of halogens is 2. The molecule has 1 aliphatic heterocycles. The van der Waals surface area contributed by atoms with Gasteiger partial charge in [-0.25, -0.2) is 8.78 Å². The van der Waals surface area contributed by atoms with Gasteiger partial charge in [0.1, 0.15) is 78.0 Å². The molecule has 131 heavy (non-hydrogen) atoms. The van der Waals surface area contributed by atoms with Gasteiger partial charge in [0.15, 0.2) is 11.6 Å². The number of likely N-dealkylation sites (N-methyl/N-ethyl adjacent to an activating group) is 5. The lowest BCUT2D eigenvalue weighted by Crippen LogP contribution is -2.61. The van der Waals surface area contributed by atoms with Crippen molar-refractivity contribution in [2.45, 2.75) is 172 Å². The molecule has 7 aromatic rings. The van der Waals surface area contributed by atoms with E-state index in [0.29, 0.717) is 51.6 Å². The quantitative estimate of drug-likeness (QED) is 0.0438. The number of nitrogens with one attached hydrogen (secondary N) is 10. The van der Waals surface area contributed by atoms with Crippen molar-refractivity contribution in [1.82, 2.24) is 77.3 Å². The lowest BCUT2D eigenvalue weighted by atomic mass is 9.98. The number of fused-ring (bicyclic) bond motifs is 1. The molecular weight excluding hydrogens is 1720 g/mol. The number of thioether (sulfide) groups is 1. The zero-order valence-electron chi connectivity index (χ0n) is 74.7. The van der Waals surface area contributed by atoms with Gasteiger partial charge >= 0.3 is 5.97 Å². The highest BCUT2D eigenvalue weighted by Gasteiger charge is 2.42. The number of carboxylic acid groups (broad SMARTS) is 1. The Balaban J connectivity index is 1.22. The summed E-state index contributed by atoms with van der Waals surface area (Å²) in [5.41, 5.74) is 8.31. The first-order chi connectivity index (χ1) is 62.2. The van der Waals surface area contributed by atoms with E-state index in [2.05, 4.69) is 52.8 Å². The molecule has 0 unspecified atom stereocenters. The molecule has 8 rings (SSSR count). The Kier molecular flexibility index (Phi) is 38.5. The van der Waals surface area contributed by atoms with Crippen LogP contribution in [0.4, 0.5) is 8.78 Å². The van der Waals surface area contributed by atoms with Crippen molar-refractivity contribution in [2.24, 2.45) is 17.6 Å². The van der Waals surface area contributed by atoms with Gasteiger partial charge in [0.25, 0.3) is 0 Å². The lowest BCUT2D eigenvalue weighted by Gasteiger charge is -2.37. The third-order valence-corrected chi connectivity index (χ3v) is 23.2. The molecule has 2 heterocycles. The minimum absolute atomic E-state index is 0.00947. The molecule has 35 nitrogen and oxygen atoms in total. The van der Waals surface area contributed by atoms with E-state index in [4.69, 9.17) is 5.73 Å². The number of carbonyl (C=O) groups is 16. The van der Waals surface area contributed by atoms with Crippen LogP contribution in [0.15, 0.2) is 158 Å². The molecule has 1 aliphatic rings. The molecule has 0 bridgehead atoms. The van der Waals surface area contributed by atoms with Gasteiger partial charge in [0, 0.05) is 96.6 Å². The predicted octanol–water partition coefficient (Wildman–Crippen LogP) is 2.60. The number of phenols is 2. The van der Waals surface area contributed by atoms with E-state index in [1.165, 1.54) is 83.8 Å². The van der Waals surface area contributed by atoms with Crippen molar-refractivity contribution in [1.29, 1.82) is 0 Å². The number of carbonyl (C=O) groups excluding carboxylic acids is 15. The summed E-state index contributed by atoms with van der Waals surface area (Å²) in [6.07, 6.45) is -0.789. The zero-order valence-corrected chi connectivity index (χ0v) is 75.5. The maximum absolute atomic E-state index is 15.5. The average molecular weight is 1830 g/mol. The number of aromatic amines is 1. The molecule has 0 saturated carbocycles. The van der Waals surface area contributed by atoms with Crippen LogP contribution in [0, 0.1) is 23.5 Å². The third kappa shape index (κ3) is 30.7. The Morgan fingerprint density at radius 3 is 1.52 bits per heavy atom. The fourth-order valence-electron chi connectivity index (χ4n) is 15.0. The van der Waals surface area contributed by atoms with Crippen LogP contribution in [0.1, 0.15) is 100 Å². The molecule has 15 amide bonds. The Labute approximate surface area is 761 Å². The fourth-order valence-corrected chi connectivity index (χ4v) is 15.9. The first kappa shape index (κ1) is 103. The van der Waals surface area contributed by atoms with E-state index >= 15 is 38.0 Å². The van der Waals surface area contributed by atoms with Gasteiger partial charge in [-0.05, 0) is 101 Å². The number of carboxylic acids is 1. The number of aromatic nitrogens is 1. The van der Waals surface area contributed by atoms with Crippen molar-refractivity contribution in [3.63, 3.8) is 0 Å². The summed E-state index contributed by atoms with van der Waals surface area (Å²) in [4.78, 5) is 243. The molecule has 702 valence electrons. The van der Waals surface area contributed by atoms with Gasteiger partial charge in [-0.1, -0.05) is 157 Å². The molecule has 1 saturated heterocycles. The topological polar surface area (TPSA) is 500 Å². The number of rotatable bonds is 23. The summed E-state index contributed by atoms with van der Waals surface area (Å²) in [6.45, 7) is 5.90. The molecule has 0 radical (unpaired) electrons. The Hall–Kier alpha value is -13.8. The fraction of sp³-hybridized carbons (Fsp3) is 0.419. The summed E-state index contributed by atoms with van der Waals surface area (Å²) < 4.78 is 29.7. The van der Waals surface area contributed by atoms with Crippen molar-refractivity contribution in [3.8, 4) is 11.5 Å². The van der Waals surface area contributed by atoms with Crippen LogP contribution in [-0.2, 0) is 115 Å². The SMILES string of the molecule is CCCC[C@H]1C(=O)N(C)CC(=O)N[C@@H](CC(=O)O)C(=O)N[C@@H](C(C)C)C(=O)N(C)[C@@H](Cc2ccccc2)C(=O)N[C@@H](Cc2ccc(O)cc2)C(=O)N(C)CC(=O)N[C@@H](Cc2c[nH]c3ccccc23)C(=O)N[C@@H](Cc2ccc(O)cc2)C(=O)N[C@@H](CC(C)C)C(=O)N[C@H](C(=O)NCC(N)=O)CSCC(=O)N[C@@H](Cc2ccc(F)c(F)c2)C(=O)N(C)[C@@H](Cc2ccccc2)C(=O)N1C. The minimum atomic E-state index is -1.94. The number of para-hydroxylation sites is 1. The number of aliphatic carboxylic acids is 1. The van der Waals surface area contributed by atoms with E-state index in [1.54, 1.807) is 126 Å². The van der Waals surface area contributed by atoms with Crippen molar-refractivity contribution >= 4 is 117 Å². The molecule has 6 aromatic carbocycles. The summed E-state index contributed by atoms with van der Waals surface area (Å²) in [5.74, 6) is -21.3. The van der Waals surface area contributed by atoms with E-state index in [9.17, 15) is 62.9 Å². The van der Waals surface area contributed by atoms with Gasteiger partial charge in [-0.15, -0.1) is 11.8 Å². The number of phenolic OH excluding ortho intramolecular Hbond substituents is 2. The predicted molar refractivity (Wildman–Crippen MR) is 482 cm³/mol. The minimum Gasteiger partial charge on any atom is -0.508 e. The van der Waals surface area contributed by atoms with Crippen LogP contribution < -0.4 is 53.6 Å². The van der Waals surface area contributed by atoms with Crippen LogP contribution in [0.25, 0.3) is 10.9 Å². The van der Waals surface area contributed by atoms with Crippen molar-refractivity contribution in [2.75, 3.05) is 66.4 Å². The van der Waals surface area contributed by atoms with Crippen LogP contribution >= 0.6 is 11.8 Å². The van der Waals surface area contributed by atoms with Crippen LogP contribution in [0.5, 0.6) is 11.5 Å². The second kappa shape index (κ2) is 49.1. The highest BCUT2D eigenvalue weighted by Crippen LogP contribution is 2.25. The number of nitrogens with two attached hydrogens (primary N) is 1. The molecule has 0 aliphatic carbocycles. The Morgan fingerprint density at radius 1 is 0.481 bits per heavy atom. The molecule has 0 spiro atoms. The standard InChI is InChI=1S/C93H116F2N16O19S/c1-11-12-27-74-91(128)108(7)50-79(116)100-70(46-81(118)119)87(124)106-82(54(4)5)93(130)110(9)75(43-55-21-15-13-16-22-55)88(125)104-71(41-58-30-35-62(113)36-31-58)89(126)107(6)49-78(115)99-69(45-60-47-97-66-26-20-19-25-63(60)66)86(123)103-68(40-57-28-33-61(112)34-29-57)85(122)102-67(38-53(2)3)84(121)105-73(83(120)98-48-77(96)114)51-131-52-80(117)101-72(42-59-32-37-64(94)65(95)39-59)90(127)111(10)76(92(129)109(74)8)44-56-23-17-14-18-24-56/h13-26,28-37,39,47,53-54,67-76,82,97,112-113H,11-12,27,38,40-46,48-52H2,1-10H3,(H2,96,114)(H,98,120)(H,99,115)(H,100,116)(H,101,117)(H,102,122)(H,103,123)(H,104,125)(H,105,121)(H,106,124)(H,118,119)/t67-,68-,69-,70-,71-,72-,73-,74-,75-,76-,82-/m0/s1. The van der Waals surface area contributed by atoms with Gasteiger partial charge in [-0.2, -0.15) is 0 Å². The molecule has 15 N–H and O–H groups in total. The van der Waals surface area contributed by atoms with Crippen LogP contribution in [0.2, 0.25) is 0 Å². The summed E-state index contributed by atoms with van der Waals surface area (Å²) in [6, 6.07) is 20.0. The normalized spacial score (nSPS) is 21.8. The molecule has 1 aromatic heterocycles. The first-order valence-electron chi connectivity index (χ1n) is 42.9. The van der Waals surface area contributed by atoms with E-state index in [1.807, 2.05) is 0 Å². The Morgan fingerprint density at radius 2 is 0.954 bits per heavy atom. The van der Waals surface area contributed by atoms with Crippen molar-refractivity contribution in [3.05, 3.63) is 203 Å². The van der Waals surface area contributed by atoms with Crippen LogP contribution in [0.3, 0.4) is 0 Å². The Bertz CT molecular complexity index is 5210. The zero-order chi connectivity index (χ0) is 96.0. The molecule has 1 fully saturated rings.